The van der Waals surface area contributed by atoms with Crippen molar-refractivity contribution in [2.24, 2.45) is 22.7 Å². The van der Waals surface area contributed by atoms with Gasteiger partial charge in [-0.05, 0) is 61.1 Å². The standard InChI is InChI=1S/C42H54N2O10.2BrH/c1-25(45)53-35-13-7-27(17-37(35)51-5)23-43(3)31-9-10-32(43)20-29(19-31)41(39(47)48)15-16-42(41,40(49)50)30-21-33-11-12-34(22-30)44(33,4)24-28-8-14-36(54-26(2)46)38(18-28)52-6;;/h7-8,13-14,17-18,29-34H,9-12,15-16,19-24H2,1-6H3;2*1H/t29?,30?,31-,32+,33-,34+,41?,42?,43?,44?;;. The minimum atomic E-state index is -1.30. The molecule has 2 aromatic carbocycles. The summed E-state index contributed by atoms with van der Waals surface area (Å²) in [4.78, 5) is 50.8. The highest BCUT2D eigenvalue weighted by atomic mass is 79.9. The van der Waals surface area contributed by atoms with E-state index >= 15 is 0 Å². The minimum Gasteiger partial charge on any atom is -1.00 e. The third-order valence-corrected chi connectivity index (χ3v) is 15.1. The predicted molar refractivity (Wildman–Crippen MR) is 197 cm³/mol. The molecule has 2 N–H and O–H groups in total. The Morgan fingerprint density at radius 3 is 1.18 bits per heavy atom. The number of rotatable bonds is 12. The van der Waals surface area contributed by atoms with Crippen LogP contribution in [0.5, 0.6) is 23.0 Å². The van der Waals surface area contributed by atoms with Crippen LogP contribution in [0.3, 0.4) is 0 Å². The van der Waals surface area contributed by atoms with E-state index in [0.29, 0.717) is 61.5 Å². The Kier molecular flexibility index (Phi) is 12.7. The molecule has 14 heteroatoms. The Balaban J connectivity index is 0.00000300. The monoisotopic (exact) mass is 906 g/mol. The molecule has 4 aliphatic heterocycles. The van der Waals surface area contributed by atoms with Crippen molar-refractivity contribution in [2.75, 3.05) is 28.3 Å². The van der Waals surface area contributed by atoms with Crippen LogP contribution in [0.25, 0.3) is 0 Å². The summed E-state index contributed by atoms with van der Waals surface area (Å²) in [5.74, 6) is -1.38. The number of quaternary nitrogens is 2. The van der Waals surface area contributed by atoms with E-state index in [0.717, 1.165) is 58.9 Å². The summed E-state index contributed by atoms with van der Waals surface area (Å²) in [6.07, 6.45) is 7.49. The van der Waals surface area contributed by atoms with Crippen LogP contribution in [-0.4, -0.2) is 95.5 Å². The molecule has 6 unspecified atom stereocenters. The Hall–Kier alpha value is -3.20. The van der Waals surface area contributed by atoms with Gasteiger partial charge in [0, 0.05) is 76.3 Å². The van der Waals surface area contributed by atoms with Crippen molar-refractivity contribution >= 4 is 23.9 Å². The molecule has 56 heavy (non-hydrogen) atoms. The van der Waals surface area contributed by atoms with Gasteiger partial charge in [0.1, 0.15) is 13.1 Å². The van der Waals surface area contributed by atoms with Gasteiger partial charge in [-0.3, -0.25) is 19.2 Å². The molecule has 2 aromatic rings. The van der Waals surface area contributed by atoms with Crippen molar-refractivity contribution in [3.05, 3.63) is 47.5 Å². The summed E-state index contributed by atoms with van der Waals surface area (Å²) in [5.41, 5.74) is -0.501. The molecule has 10 atom stereocenters. The first-order valence-electron chi connectivity index (χ1n) is 19.5. The van der Waals surface area contributed by atoms with Crippen molar-refractivity contribution in [3.63, 3.8) is 0 Å². The second-order valence-electron chi connectivity index (χ2n) is 17.3. The number of benzene rings is 2. The molecule has 0 aromatic heterocycles. The molecular formula is C42H56Br2N2O10. The van der Waals surface area contributed by atoms with E-state index in [1.165, 1.54) is 13.8 Å². The number of halogens is 2. The number of aliphatic carboxylic acids is 2. The first-order chi connectivity index (χ1) is 25.6. The maximum Gasteiger partial charge on any atom is 0.311 e. The zero-order chi connectivity index (χ0) is 38.8. The summed E-state index contributed by atoms with van der Waals surface area (Å²) in [7, 11) is 7.64. The van der Waals surface area contributed by atoms with Crippen LogP contribution in [-0.2, 0) is 32.3 Å². The second kappa shape index (κ2) is 16.2. The number of nitrogens with zero attached hydrogens (tertiary/aromatic N) is 2. The van der Waals surface area contributed by atoms with Crippen molar-refractivity contribution in [1.82, 2.24) is 0 Å². The Morgan fingerprint density at radius 1 is 0.607 bits per heavy atom. The summed E-state index contributed by atoms with van der Waals surface area (Å²) < 4.78 is 23.3. The van der Waals surface area contributed by atoms with Crippen molar-refractivity contribution in [3.8, 4) is 23.0 Å². The summed E-state index contributed by atoms with van der Waals surface area (Å²) >= 11 is 0. The number of hydrogen-bond acceptors (Lipinski definition) is 8. The van der Waals surface area contributed by atoms with Gasteiger partial charge < -0.3 is 72.1 Å². The molecule has 12 nitrogen and oxygen atoms in total. The molecule has 5 fully saturated rings. The third kappa shape index (κ3) is 6.93. The number of carboxylic acid groups (broad SMARTS) is 2. The lowest BCUT2D eigenvalue weighted by Crippen LogP contribution is -3.00. The van der Waals surface area contributed by atoms with Crippen LogP contribution in [0.15, 0.2) is 36.4 Å². The fraction of sp³-hybridized carbons (Fsp3) is 0.619. The van der Waals surface area contributed by atoms with Gasteiger partial charge in [-0.2, -0.15) is 0 Å². The maximum atomic E-state index is 13.8. The number of esters is 2. The molecule has 4 heterocycles. The number of methoxy groups -OCH3 is 2. The van der Waals surface area contributed by atoms with Crippen molar-refractivity contribution < 1.29 is 91.3 Å². The highest BCUT2D eigenvalue weighted by molar-refractivity contribution is 5.89. The zero-order valence-electron chi connectivity index (χ0n) is 33.2. The molecule has 0 spiro atoms. The van der Waals surface area contributed by atoms with Crippen LogP contribution in [0.2, 0.25) is 0 Å². The average molecular weight is 909 g/mol. The zero-order valence-corrected chi connectivity index (χ0v) is 36.4. The molecular weight excluding hydrogens is 852 g/mol. The van der Waals surface area contributed by atoms with Crippen LogP contribution in [0.4, 0.5) is 0 Å². The maximum absolute atomic E-state index is 13.8. The molecule has 4 bridgehead atoms. The predicted octanol–water partition coefficient (Wildman–Crippen LogP) is -0.0264. The topological polar surface area (TPSA) is 146 Å². The van der Waals surface area contributed by atoms with Gasteiger partial charge in [-0.15, -0.1) is 0 Å². The number of carbonyl (C=O) groups is 4. The van der Waals surface area contributed by atoms with Gasteiger partial charge in [-0.1, -0.05) is 0 Å². The SMILES string of the molecule is COc1cc(C[N+]2(C)[C@@H]3CC[C@H]2CC(C2(C(=O)O)CCC2(C(=O)O)C2C[C@H]4CC[C@@H](C2)[N+]4(C)Cc2ccc(OC(C)=O)c(OC)c2)C3)ccc1OC(C)=O.[Br-].[Br-]. The van der Waals surface area contributed by atoms with Gasteiger partial charge in [0.05, 0.1) is 63.3 Å². The van der Waals surface area contributed by atoms with Crippen molar-refractivity contribution in [1.29, 1.82) is 0 Å². The fourth-order valence-electron chi connectivity index (χ4n) is 12.4. The minimum absolute atomic E-state index is 0. The molecule has 1 saturated carbocycles. The molecule has 308 valence electrons. The van der Waals surface area contributed by atoms with E-state index in [1.807, 2.05) is 24.3 Å². The summed E-state index contributed by atoms with van der Waals surface area (Å²) in [6.45, 7) is 4.17. The number of carboxylic acids is 2. The lowest BCUT2D eigenvalue weighted by Gasteiger charge is -2.64. The number of ether oxygens (including phenoxy) is 4. The smallest absolute Gasteiger partial charge is 0.311 e. The first-order valence-corrected chi connectivity index (χ1v) is 19.5. The number of piperidine rings is 2. The Morgan fingerprint density at radius 2 is 0.929 bits per heavy atom. The molecule has 0 radical (unpaired) electrons. The van der Waals surface area contributed by atoms with Gasteiger partial charge >= 0.3 is 23.9 Å². The summed E-state index contributed by atoms with van der Waals surface area (Å²) in [6, 6.07) is 12.2. The van der Waals surface area contributed by atoms with E-state index in [9.17, 15) is 29.4 Å². The van der Waals surface area contributed by atoms with Gasteiger partial charge in [0.25, 0.3) is 0 Å². The van der Waals surface area contributed by atoms with E-state index in [2.05, 4.69) is 14.1 Å². The number of fused-ring (bicyclic) bond motifs is 4. The van der Waals surface area contributed by atoms with Crippen LogP contribution >= 0.6 is 0 Å². The molecule has 0 amide bonds. The van der Waals surface area contributed by atoms with Crippen LogP contribution in [0.1, 0.15) is 89.2 Å². The Bertz CT molecular complexity index is 1700. The largest absolute Gasteiger partial charge is 1.00 e. The van der Waals surface area contributed by atoms with Crippen molar-refractivity contribution in [2.45, 2.75) is 115 Å². The fourth-order valence-corrected chi connectivity index (χ4v) is 12.4. The van der Waals surface area contributed by atoms with E-state index in [-0.39, 0.29) is 70.0 Å². The second-order valence-corrected chi connectivity index (χ2v) is 17.3. The normalized spacial score (nSPS) is 35.2. The quantitative estimate of drug-likeness (QED) is 0.170. The molecule has 7 rings (SSSR count). The van der Waals surface area contributed by atoms with Gasteiger partial charge in [0.2, 0.25) is 0 Å². The van der Waals surface area contributed by atoms with Gasteiger partial charge in [0.15, 0.2) is 23.0 Å². The van der Waals surface area contributed by atoms with Gasteiger partial charge in [-0.25, -0.2) is 0 Å². The van der Waals surface area contributed by atoms with Crippen LogP contribution < -0.4 is 52.9 Å². The lowest BCUT2D eigenvalue weighted by atomic mass is 9.38. The third-order valence-electron chi connectivity index (χ3n) is 15.1. The molecule has 1 aliphatic carbocycles. The van der Waals surface area contributed by atoms with E-state index in [4.69, 9.17) is 18.9 Å². The summed E-state index contributed by atoms with van der Waals surface area (Å²) in [5, 5.41) is 22.5. The van der Waals surface area contributed by atoms with Crippen LogP contribution in [0, 0.1) is 22.7 Å². The molecule has 4 saturated heterocycles. The first kappa shape index (κ1) is 43.9. The van der Waals surface area contributed by atoms with E-state index < -0.39 is 34.7 Å². The average Bonchev–Trinajstić information content (AvgIpc) is 3.33. The lowest BCUT2D eigenvalue weighted by molar-refractivity contribution is -0.963. The highest BCUT2D eigenvalue weighted by Gasteiger charge is 2.76. The highest BCUT2D eigenvalue weighted by Crippen LogP contribution is 2.71. The van der Waals surface area contributed by atoms with E-state index in [1.54, 1.807) is 26.4 Å². The number of carbonyl (C=O) groups excluding carboxylic acids is 2. The Labute approximate surface area is 350 Å². The molecule has 5 aliphatic rings. The number of hydrogen-bond donors (Lipinski definition) is 2.